The van der Waals surface area contributed by atoms with Crippen LogP contribution in [0.25, 0.3) is 0 Å². The van der Waals surface area contributed by atoms with Gasteiger partial charge in [-0.25, -0.2) is 4.98 Å². The highest BCUT2D eigenvalue weighted by Crippen LogP contribution is 2.20. The van der Waals surface area contributed by atoms with Gasteiger partial charge in [0.25, 0.3) is 0 Å². The van der Waals surface area contributed by atoms with Crippen LogP contribution >= 0.6 is 11.8 Å². The summed E-state index contributed by atoms with van der Waals surface area (Å²) in [5.41, 5.74) is 1.82. The van der Waals surface area contributed by atoms with Crippen LogP contribution in [0.5, 0.6) is 5.75 Å². The Morgan fingerprint density at radius 3 is 2.90 bits per heavy atom. The van der Waals surface area contributed by atoms with E-state index in [1.54, 1.807) is 6.92 Å². The maximum absolute atomic E-state index is 10.5. The minimum atomic E-state index is -0.802. The number of carboxylic acids is 1. The van der Waals surface area contributed by atoms with Gasteiger partial charge in [-0.05, 0) is 24.6 Å². The third-order valence-electron chi connectivity index (χ3n) is 2.77. The van der Waals surface area contributed by atoms with Crippen LogP contribution < -0.4 is 4.74 Å². The van der Waals surface area contributed by atoms with Crippen molar-refractivity contribution in [2.24, 2.45) is 0 Å². The van der Waals surface area contributed by atoms with E-state index in [1.807, 2.05) is 31.2 Å². The van der Waals surface area contributed by atoms with E-state index in [0.717, 1.165) is 22.8 Å². The minimum absolute atomic E-state index is 0.0997. The second-order valence-electron chi connectivity index (χ2n) is 4.56. The lowest BCUT2D eigenvalue weighted by Crippen LogP contribution is -1.99. The molecule has 0 saturated carbocycles. The van der Waals surface area contributed by atoms with Gasteiger partial charge in [0.15, 0.2) is 5.89 Å². The number of aromatic nitrogens is 1. The summed E-state index contributed by atoms with van der Waals surface area (Å²) in [5.74, 6) is 2.08. The van der Waals surface area contributed by atoms with E-state index in [2.05, 4.69) is 4.98 Å². The van der Waals surface area contributed by atoms with E-state index in [9.17, 15) is 4.79 Å². The molecule has 1 aromatic heterocycles. The third kappa shape index (κ3) is 4.82. The van der Waals surface area contributed by atoms with Crippen molar-refractivity contribution in [3.8, 4) is 5.75 Å². The Bertz CT molecular complexity index is 624. The topological polar surface area (TPSA) is 72.6 Å². The molecule has 2 aromatic rings. The van der Waals surface area contributed by atoms with Gasteiger partial charge in [0.2, 0.25) is 0 Å². The van der Waals surface area contributed by atoms with Crippen LogP contribution in [0.2, 0.25) is 0 Å². The number of aryl methyl sites for hydroxylation is 2. The first-order chi connectivity index (χ1) is 10.0. The maximum Gasteiger partial charge on any atom is 0.313 e. The van der Waals surface area contributed by atoms with Crippen LogP contribution in [0.1, 0.15) is 22.9 Å². The summed E-state index contributed by atoms with van der Waals surface area (Å²) in [5, 5.41) is 8.62. The summed E-state index contributed by atoms with van der Waals surface area (Å²) >= 11 is 1.36. The zero-order valence-electron chi connectivity index (χ0n) is 12.0. The predicted octanol–water partition coefficient (Wildman–Crippen LogP) is 3.19. The van der Waals surface area contributed by atoms with E-state index in [1.165, 1.54) is 11.8 Å². The van der Waals surface area contributed by atoms with Crippen LogP contribution in [-0.4, -0.2) is 21.8 Å². The van der Waals surface area contributed by atoms with Crippen LogP contribution in [-0.2, 0) is 17.2 Å². The largest absolute Gasteiger partial charge is 0.487 e. The number of hydrogen-bond donors (Lipinski definition) is 1. The Morgan fingerprint density at radius 2 is 2.24 bits per heavy atom. The lowest BCUT2D eigenvalue weighted by atomic mass is 10.2. The molecule has 5 nitrogen and oxygen atoms in total. The SMILES string of the molecule is Cc1nc(COc2cccc(CSCC(=O)O)c2)c(C)o1. The monoisotopic (exact) mass is 307 g/mol. The highest BCUT2D eigenvalue weighted by Gasteiger charge is 2.07. The number of carbonyl (C=O) groups is 1. The Balaban J connectivity index is 1.91. The lowest BCUT2D eigenvalue weighted by Gasteiger charge is -2.06. The Morgan fingerprint density at radius 1 is 1.43 bits per heavy atom. The zero-order chi connectivity index (χ0) is 15.2. The average molecular weight is 307 g/mol. The van der Waals surface area contributed by atoms with Crippen LogP contribution in [0.15, 0.2) is 28.7 Å². The van der Waals surface area contributed by atoms with E-state index in [4.69, 9.17) is 14.3 Å². The van der Waals surface area contributed by atoms with E-state index < -0.39 is 5.97 Å². The molecule has 21 heavy (non-hydrogen) atoms. The normalized spacial score (nSPS) is 10.6. The second-order valence-corrected chi connectivity index (χ2v) is 5.54. The number of oxazole rings is 1. The summed E-state index contributed by atoms with van der Waals surface area (Å²) in [4.78, 5) is 14.7. The highest BCUT2D eigenvalue weighted by atomic mass is 32.2. The Kier molecular flexibility index (Phi) is 5.27. The first kappa shape index (κ1) is 15.4. The number of hydrogen-bond acceptors (Lipinski definition) is 5. The molecule has 1 heterocycles. The molecule has 112 valence electrons. The van der Waals surface area contributed by atoms with Gasteiger partial charge in [-0.3, -0.25) is 4.79 Å². The van der Waals surface area contributed by atoms with Crippen molar-refractivity contribution in [2.45, 2.75) is 26.2 Å². The summed E-state index contributed by atoms with van der Waals surface area (Å²) in [7, 11) is 0. The molecular weight excluding hydrogens is 290 g/mol. The first-order valence-electron chi connectivity index (χ1n) is 6.49. The van der Waals surface area contributed by atoms with E-state index in [-0.39, 0.29) is 5.75 Å². The summed E-state index contributed by atoms with van der Waals surface area (Å²) in [6, 6.07) is 7.63. The molecule has 0 aliphatic rings. The lowest BCUT2D eigenvalue weighted by molar-refractivity contribution is -0.133. The molecule has 0 amide bonds. The fourth-order valence-corrected chi connectivity index (χ4v) is 2.53. The van der Waals surface area contributed by atoms with Gasteiger partial charge < -0.3 is 14.3 Å². The van der Waals surface area contributed by atoms with Crippen molar-refractivity contribution in [1.29, 1.82) is 0 Å². The summed E-state index contributed by atoms with van der Waals surface area (Å²) in [6.07, 6.45) is 0. The van der Waals surface area contributed by atoms with Gasteiger partial charge in [-0.2, -0.15) is 0 Å². The van der Waals surface area contributed by atoms with Crippen LogP contribution in [0.3, 0.4) is 0 Å². The second kappa shape index (κ2) is 7.17. The number of ether oxygens (including phenoxy) is 1. The van der Waals surface area contributed by atoms with Crippen molar-refractivity contribution in [3.63, 3.8) is 0 Å². The van der Waals surface area contributed by atoms with Gasteiger partial charge in [-0.1, -0.05) is 12.1 Å². The number of carboxylic acid groups (broad SMARTS) is 1. The molecule has 0 radical (unpaired) electrons. The maximum atomic E-state index is 10.5. The van der Waals surface area contributed by atoms with E-state index in [0.29, 0.717) is 18.3 Å². The molecule has 6 heteroatoms. The fourth-order valence-electron chi connectivity index (χ4n) is 1.84. The van der Waals surface area contributed by atoms with Crippen LogP contribution in [0, 0.1) is 13.8 Å². The highest BCUT2D eigenvalue weighted by molar-refractivity contribution is 7.99. The van der Waals surface area contributed by atoms with Gasteiger partial charge in [-0.15, -0.1) is 11.8 Å². The van der Waals surface area contributed by atoms with Gasteiger partial charge in [0.05, 0.1) is 5.75 Å². The van der Waals surface area contributed by atoms with Crippen LogP contribution in [0.4, 0.5) is 0 Å². The molecule has 0 atom stereocenters. The average Bonchev–Trinajstić information content (AvgIpc) is 2.75. The predicted molar refractivity (Wildman–Crippen MR) is 80.5 cm³/mol. The number of thioether (sulfide) groups is 1. The quantitative estimate of drug-likeness (QED) is 0.847. The molecule has 0 aliphatic carbocycles. The smallest absolute Gasteiger partial charge is 0.313 e. The molecule has 1 N–H and O–H groups in total. The number of nitrogens with zero attached hydrogens (tertiary/aromatic N) is 1. The fraction of sp³-hybridized carbons (Fsp3) is 0.333. The molecule has 0 bridgehead atoms. The number of rotatable bonds is 7. The molecule has 0 fully saturated rings. The molecular formula is C15H17NO4S. The molecule has 0 unspecified atom stereocenters. The van der Waals surface area contributed by atoms with Crippen molar-refractivity contribution in [3.05, 3.63) is 47.2 Å². The molecule has 1 aromatic carbocycles. The minimum Gasteiger partial charge on any atom is -0.487 e. The van der Waals surface area contributed by atoms with E-state index >= 15 is 0 Å². The molecule has 0 aliphatic heterocycles. The standard InChI is InChI=1S/C15H17NO4S/c1-10-14(16-11(2)20-10)7-19-13-5-3-4-12(6-13)8-21-9-15(17)18/h3-6H,7-9H2,1-2H3,(H,17,18). The van der Waals surface area contributed by atoms with Gasteiger partial charge in [0, 0.05) is 12.7 Å². The third-order valence-corrected chi connectivity index (χ3v) is 3.76. The number of aliphatic carboxylic acids is 1. The van der Waals surface area contributed by atoms with Crippen molar-refractivity contribution in [2.75, 3.05) is 5.75 Å². The zero-order valence-corrected chi connectivity index (χ0v) is 12.8. The Labute approximate surface area is 127 Å². The molecule has 0 spiro atoms. The summed E-state index contributed by atoms with van der Waals surface area (Å²) < 4.78 is 11.1. The van der Waals surface area contributed by atoms with Crippen molar-refractivity contribution < 1.29 is 19.1 Å². The van der Waals surface area contributed by atoms with Gasteiger partial charge in [0.1, 0.15) is 23.8 Å². The van der Waals surface area contributed by atoms with Crippen molar-refractivity contribution >= 4 is 17.7 Å². The molecule has 0 saturated heterocycles. The molecule has 2 rings (SSSR count). The Hall–Kier alpha value is -1.95. The number of benzene rings is 1. The summed E-state index contributed by atoms with van der Waals surface area (Å²) in [6.45, 7) is 4.02. The van der Waals surface area contributed by atoms with Crippen molar-refractivity contribution in [1.82, 2.24) is 4.98 Å². The first-order valence-corrected chi connectivity index (χ1v) is 7.64. The van der Waals surface area contributed by atoms with Gasteiger partial charge >= 0.3 is 5.97 Å².